The van der Waals surface area contributed by atoms with Crippen molar-refractivity contribution in [2.75, 3.05) is 0 Å². The Hall–Kier alpha value is -2.86. The number of carbonyl (C=O) groups is 1. The van der Waals surface area contributed by atoms with Crippen LogP contribution in [0, 0.1) is 5.41 Å². The van der Waals surface area contributed by atoms with Crippen LogP contribution < -0.4 is 0 Å². The third-order valence-corrected chi connectivity index (χ3v) is 8.18. The first-order valence-electron chi connectivity index (χ1n) is 13.0. The zero-order valence-electron chi connectivity index (χ0n) is 20.5. The van der Waals surface area contributed by atoms with Gasteiger partial charge < -0.3 is 9.47 Å². The Balaban J connectivity index is 1.55. The molecule has 1 N–H and O–H groups in total. The summed E-state index contributed by atoms with van der Waals surface area (Å²) in [4.78, 5) is 18.8. The summed E-state index contributed by atoms with van der Waals surface area (Å²) in [5.74, 6) is -0.363. The van der Waals surface area contributed by atoms with Gasteiger partial charge in [0.15, 0.2) is 11.0 Å². The minimum atomic E-state index is -0.901. The van der Waals surface area contributed by atoms with E-state index in [4.69, 9.17) is 14.3 Å². The highest BCUT2D eigenvalue weighted by Crippen LogP contribution is 2.49. The number of hydrogen-bond donors (Lipinski definition) is 1. The molecule has 3 aliphatic rings. The number of benzene rings is 2. The topological polar surface area (TPSA) is 68.0 Å². The molecule has 2 fully saturated rings. The van der Waals surface area contributed by atoms with E-state index in [9.17, 15) is 10.0 Å². The van der Waals surface area contributed by atoms with E-state index in [1.54, 1.807) is 6.21 Å². The van der Waals surface area contributed by atoms with Gasteiger partial charge in [0.2, 0.25) is 0 Å². The van der Waals surface area contributed by atoms with Crippen LogP contribution in [0.4, 0.5) is 0 Å². The van der Waals surface area contributed by atoms with Gasteiger partial charge in [-0.1, -0.05) is 92.8 Å². The molecule has 2 aromatic rings. The van der Waals surface area contributed by atoms with Crippen molar-refractivity contribution < 1.29 is 29.2 Å². The molecule has 1 spiro atoms. The van der Waals surface area contributed by atoms with Crippen LogP contribution in [-0.2, 0) is 24.5 Å². The molecule has 3 unspecified atom stereocenters. The van der Waals surface area contributed by atoms with Crippen molar-refractivity contribution in [2.24, 2.45) is 5.41 Å². The standard InChI is InChI=1S/C29H36NO5/c1-22(31)33-26-27(35-30(32)21-28(26)18-10-4-11-19-28)34-25-17-9-12-20-29(25,23-13-5-2-6-14-23)24-15-7-3-8-16-24/h2-3,5-8,13-16,21,25-27,32H,4,9-12,17-20H2,1H3/q+1. The zero-order chi connectivity index (χ0) is 24.3. The van der Waals surface area contributed by atoms with Gasteiger partial charge in [-0.3, -0.25) is 4.79 Å². The largest absolute Gasteiger partial charge is 0.454 e. The van der Waals surface area contributed by atoms with Crippen LogP contribution in [0.5, 0.6) is 0 Å². The first-order valence-corrected chi connectivity index (χ1v) is 13.0. The number of nitrogens with zero attached hydrogens (tertiary/aromatic N) is 1. The third kappa shape index (κ3) is 4.56. The Morgan fingerprint density at radius 2 is 1.51 bits per heavy atom. The maximum Gasteiger partial charge on any atom is 0.314 e. The molecule has 6 heteroatoms. The van der Waals surface area contributed by atoms with Gasteiger partial charge >= 0.3 is 12.3 Å². The maximum absolute atomic E-state index is 12.2. The highest BCUT2D eigenvalue weighted by Gasteiger charge is 2.57. The van der Waals surface area contributed by atoms with Gasteiger partial charge in [-0.25, -0.2) is 5.21 Å². The van der Waals surface area contributed by atoms with Crippen molar-refractivity contribution in [2.45, 2.75) is 88.6 Å². The van der Waals surface area contributed by atoms with Crippen LogP contribution >= 0.6 is 0 Å². The smallest absolute Gasteiger partial charge is 0.314 e. The highest BCUT2D eigenvalue weighted by atomic mass is 16.9. The van der Waals surface area contributed by atoms with Gasteiger partial charge in [0.25, 0.3) is 6.21 Å². The van der Waals surface area contributed by atoms with Crippen LogP contribution in [0.1, 0.15) is 75.8 Å². The van der Waals surface area contributed by atoms with E-state index >= 15 is 0 Å². The van der Waals surface area contributed by atoms with E-state index in [0.717, 1.165) is 62.7 Å². The number of carbonyl (C=O) groups excluding carboxylic acids is 1. The summed E-state index contributed by atoms with van der Waals surface area (Å²) in [5, 5.41) is 10.6. The number of hydrogen-bond acceptors (Lipinski definition) is 5. The van der Waals surface area contributed by atoms with E-state index < -0.39 is 17.8 Å². The summed E-state index contributed by atoms with van der Waals surface area (Å²) in [6.07, 6.45) is 8.66. The molecular weight excluding hydrogens is 442 g/mol. The van der Waals surface area contributed by atoms with Gasteiger partial charge in [0, 0.05) is 12.3 Å². The Morgan fingerprint density at radius 1 is 0.914 bits per heavy atom. The SMILES string of the molecule is CC(=O)OC1C(OC2CCCCC2(c2ccccc2)c2ccccc2)O[N+](O)=CC12CCCCC2. The van der Waals surface area contributed by atoms with Crippen LogP contribution in [0.3, 0.4) is 0 Å². The zero-order valence-corrected chi connectivity index (χ0v) is 20.5. The van der Waals surface area contributed by atoms with Crippen molar-refractivity contribution in [3.05, 3.63) is 71.8 Å². The highest BCUT2D eigenvalue weighted by molar-refractivity contribution is 5.68. The van der Waals surface area contributed by atoms with Crippen LogP contribution in [0.15, 0.2) is 60.7 Å². The van der Waals surface area contributed by atoms with Gasteiger partial charge in [0.05, 0.1) is 6.10 Å². The quantitative estimate of drug-likeness (QED) is 0.450. The summed E-state index contributed by atoms with van der Waals surface area (Å²) < 4.78 is 12.8. The Labute approximate surface area is 207 Å². The average Bonchev–Trinajstić information content (AvgIpc) is 2.88. The molecule has 5 rings (SSSR count). The molecule has 1 heterocycles. The number of rotatable bonds is 5. The first-order chi connectivity index (χ1) is 17.0. The maximum atomic E-state index is 12.2. The molecule has 35 heavy (non-hydrogen) atoms. The van der Waals surface area contributed by atoms with Gasteiger partial charge in [0.1, 0.15) is 5.41 Å². The molecule has 2 aromatic carbocycles. The first kappa shape index (κ1) is 23.9. The van der Waals surface area contributed by atoms with Crippen LogP contribution in [-0.4, -0.2) is 40.8 Å². The van der Waals surface area contributed by atoms with Crippen LogP contribution in [0.25, 0.3) is 0 Å². The predicted octanol–water partition coefficient (Wildman–Crippen LogP) is 5.56. The summed E-state index contributed by atoms with van der Waals surface area (Å²) >= 11 is 0. The molecule has 2 aliphatic carbocycles. The van der Waals surface area contributed by atoms with Crippen LogP contribution in [0.2, 0.25) is 0 Å². The lowest BCUT2D eigenvalue weighted by Crippen LogP contribution is -2.58. The monoisotopic (exact) mass is 478 g/mol. The van der Waals surface area contributed by atoms with E-state index in [2.05, 4.69) is 48.5 Å². The normalized spacial score (nSPS) is 27.5. The van der Waals surface area contributed by atoms with Crippen molar-refractivity contribution >= 4 is 12.2 Å². The van der Waals surface area contributed by atoms with Crippen molar-refractivity contribution in [3.8, 4) is 0 Å². The predicted molar refractivity (Wildman–Crippen MR) is 131 cm³/mol. The summed E-state index contributed by atoms with van der Waals surface area (Å²) in [7, 11) is 0. The fourth-order valence-electron chi connectivity index (χ4n) is 6.61. The fourth-order valence-corrected chi connectivity index (χ4v) is 6.61. The summed E-state index contributed by atoms with van der Waals surface area (Å²) in [5.41, 5.74) is 1.54. The van der Waals surface area contributed by atoms with Crippen molar-refractivity contribution in [1.82, 2.24) is 0 Å². The minimum absolute atomic E-state index is 0.212. The van der Waals surface area contributed by atoms with E-state index in [1.165, 1.54) is 18.1 Å². The average molecular weight is 479 g/mol. The Kier molecular flexibility index (Phi) is 6.83. The Morgan fingerprint density at radius 3 is 2.11 bits per heavy atom. The lowest BCUT2D eigenvalue weighted by atomic mass is 9.63. The molecule has 0 radical (unpaired) electrons. The van der Waals surface area contributed by atoms with E-state index in [0.29, 0.717) is 0 Å². The van der Waals surface area contributed by atoms with Crippen molar-refractivity contribution in [1.29, 1.82) is 0 Å². The number of ether oxygens (including phenoxy) is 2. The molecule has 0 aromatic heterocycles. The summed E-state index contributed by atoms with van der Waals surface area (Å²) in [6.45, 7) is 1.43. The van der Waals surface area contributed by atoms with E-state index in [-0.39, 0.29) is 17.5 Å². The molecule has 0 bridgehead atoms. The molecular formula is C29H36NO5+. The third-order valence-electron chi connectivity index (χ3n) is 8.18. The second-order valence-corrected chi connectivity index (χ2v) is 10.3. The summed E-state index contributed by atoms with van der Waals surface area (Å²) in [6, 6.07) is 21.1. The number of esters is 1. The molecule has 3 atom stereocenters. The molecule has 0 amide bonds. The van der Waals surface area contributed by atoms with Crippen molar-refractivity contribution in [3.63, 3.8) is 0 Å². The molecule has 2 saturated carbocycles. The lowest BCUT2D eigenvalue weighted by Gasteiger charge is -2.47. The van der Waals surface area contributed by atoms with Gasteiger partial charge in [-0.2, -0.15) is 4.84 Å². The molecule has 0 saturated heterocycles. The van der Waals surface area contributed by atoms with E-state index in [1.807, 2.05) is 12.1 Å². The second-order valence-electron chi connectivity index (χ2n) is 10.3. The fraction of sp³-hybridized carbons (Fsp3) is 0.517. The van der Waals surface area contributed by atoms with Gasteiger partial charge in [-0.15, -0.1) is 0 Å². The second kappa shape index (κ2) is 10.0. The molecule has 1 aliphatic heterocycles. The lowest BCUT2D eigenvalue weighted by molar-refractivity contribution is -0.978. The van der Waals surface area contributed by atoms with Gasteiger partial charge in [-0.05, 0) is 36.8 Å². The molecule has 186 valence electrons. The molecule has 6 nitrogen and oxygen atoms in total. The minimum Gasteiger partial charge on any atom is -0.454 e. The Bertz CT molecular complexity index is 992.